The van der Waals surface area contributed by atoms with Crippen molar-refractivity contribution in [1.29, 1.82) is 0 Å². The quantitative estimate of drug-likeness (QED) is 0.144. The van der Waals surface area contributed by atoms with Crippen LogP contribution in [-0.4, -0.2) is 0 Å². The molecule has 0 radical (unpaired) electrons. The molecule has 0 aliphatic heterocycles. The van der Waals surface area contributed by atoms with Gasteiger partial charge in [0.1, 0.15) is 5.58 Å². The van der Waals surface area contributed by atoms with Gasteiger partial charge in [0.25, 0.3) is 0 Å². The number of fused-ring (bicyclic) bond motifs is 4. The van der Waals surface area contributed by atoms with Crippen LogP contribution in [0.15, 0.2) is 265 Å². The maximum atomic E-state index is 6.95. The summed E-state index contributed by atoms with van der Waals surface area (Å²) in [7, 11) is 0. The Morgan fingerprint density at radius 3 is 1.21 bits per heavy atom. The molecular formula is C64H43NO. The maximum absolute atomic E-state index is 6.95. The molecule has 66 heavy (non-hydrogen) atoms. The molecule has 1 aromatic heterocycles. The maximum Gasteiger partial charge on any atom is 0.159 e. The van der Waals surface area contributed by atoms with Crippen LogP contribution in [0.25, 0.3) is 99.5 Å². The molecule has 0 bridgehead atoms. The number of nitrogens with zero attached hydrogens (tertiary/aromatic N) is 1. The standard InChI is InChI=1S/C64H43NO/c1-7-21-45(22-8-1)53-33-19-34-55-56-35-20-36-58(64(56)66-63(53)55)65(51-31-17-6-18-32-51)52-40-37-44(38-41-52)50-39-42-54-57(43-50)60(47-25-11-3-12-26-47)62(49-29-15-5-16-30-49)61(48-27-13-4-14-28-48)59(54)46-23-9-2-10-24-46/h1-43H. The van der Waals surface area contributed by atoms with Crippen molar-refractivity contribution >= 4 is 49.8 Å². The average Bonchev–Trinajstić information content (AvgIpc) is 3.79. The number of furan rings is 1. The van der Waals surface area contributed by atoms with Crippen LogP contribution in [-0.2, 0) is 0 Å². The lowest BCUT2D eigenvalue weighted by Gasteiger charge is -2.26. The molecule has 0 aliphatic carbocycles. The van der Waals surface area contributed by atoms with E-state index in [1.165, 1.54) is 55.3 Å². The summed E-state index contributed by atoms with van der Waals surface area (Å²) in [5.41, 5.74) is 19.0. The van der Waals surface area contributed by atoms with Gasteiger partial charge in [-0.25, -0.2) is 0 Å². The van der Waals surface area contributed by atoms with Gasteiger partial charge in [-0.3, -0.25) is 0 Å². The van der Waals surface area contributed by atoms with Gasteiger partial charge in [-0.2, -0.15) is 0 Å². The highest BCUT2D eigenvalue weighted by Gasteiger charge is 2.25. The Morgan fingerprint density at radius 2 is 0.667 bits per heavy atom. The third-order valence-electron chi connectivity index (χ3n) is 12.9. The highest BCUT2D eigenvalue weighted by atomic mass is 16.3. The van der Waals surface area contributed by atoms with Crippen LogP contribution in [0.1, 0.15) is 0 Å². The molecule has 310 valence electrons. The largest absolute Gasteiger partial charge is 0.453 e. The highest BCUT2D eigenvalue weighted by Crippen LogP contribution is 2.52. The van der Waals surface area contributed by atoms with E-state index in [1.807, 2.05) is 0 Å². The number of para-hydroxylation sites is 3. The summed E-state index contributed by atoms with van der Waals surface area (Å²) in [6.07, 6.45) is 0. The molecule has 12 rings (SSSR count). The molecule has 2 heteroatoms. The topological polar surface area (TPSA) is 16.4 Å². The molecule has 0 aliphatic rings. The van der Waals surface area contributed by atoms with Crippen molar-refractivity contribution in [3.05, 3.63) is 261 Å². The Kier molecular flexibility index (Phi) is 9.89. The zero-order valence-electron chi connectivity index (χ0n) is 36.2. The van der Waals surface area contributed by atoms with Crippen molar-refractivity contribution in [2.45, 2.75) is 0 Å². The number of hydrogen-bond donors (Lipinski definition) is 0. The Labute approximate surface area is 384 Å². The summed E-state index contributed by atoms with van der Waals surface area (Å²) in [6, 6.07) is 93.7. The first-order valence-corrected chi connectivity index (χ1v) is 22.6. The summed E-state index contributed by atoms with van der Waals surface area (Å²) in [4.78, 5) is 2.31. The van der Waals surface area contributed by atoms with Gasteiger partial charge in [0.2, 0.25) is 0 Å². The first-order valence-electron chi connectivity index (χ1n) is 22.6. The first-order chi connectivity index (χ1) is 32.8. The monoisotopic (exact) mass is 841 g/mol. The Balaban J connectivity index is 1.05. The molecule has 0 spiro atoms. The van der Waals surface area contributed by atoms with E-state index in [1.54, 1.807) is 0 Å². The van der Waals surface area contributed by atoms with E-state index >= 15 is 0 Å². The Bertz CT molecular complexity index is 3640. The number of rotatable bonds is 9. The molecule has 0 amide bonds. The molecule has 0 unspecified atom stereocenters. The minimum absolute atomic E-state index is 0.852. The van der Waals surface area contributed by atoms with Crippen LogP contribution in [0.3, 0.4) is 0 Å². The molecule has 12 aromatic rings. The number of benzene rings is 11. The third kappa shape index (κ3) is 6.84. The fraction of sp³-hybridized carbons (Fsp3) is 0. The SMILES string of the molecule is c1ccc(-c2c(-c3ccccc3)c(-c3ccccc3)c3cc(-c4ccc(N(c5ccccc5)c5cccc6c5oc5c(-c7ccccc7)cccc56)cc4)ccc3c2-c2ccccc2)cc1. The zero-order valence-corrected chi connectivity index (χ0v) is 36.2. The van der Waals surface area contributed by atoms with Crippen LogP contribution in [0.2, 0.25) is 0 Å². The Hall–Kier alpha value is -8.72. The lowest BCUT2D eigenvalue weighted by atomic mass is 9.78. The van der Waals surface area contributed by atoms with Gasteiger partial charge in [0.05, 0.1) is 5.69 Å². The molecule has 11 aromatic carbocycles. The summed E-state index contributed by atoms with van der Waals surface area (Å²) < 4.78 is 6.95. The van der Waals surface area contributed by atoms with Gasteiger partial charge in [-0.15, -0.1) is 0 Å². The van der Waals surface area contributed by atoms with E-state index in [9.17, 15) is 0 Å². The second kappa shape index (κ2) is 16.8. The van der Waals surface area contributed by atoms with Crippen LogP contribution in [0.5, 0.6) is 0 Å². The normalized spacial score (nSPS) is 11.3. The van der Waals surface area contributed by atoms with E-state index in [2.05, 4.69) is 266 Å². The fourth-order valence-electron chi connectivity index (χ4n) is 9.90. The summed E-state index contributed by atoms with van der Waals surface area (Å²) in [6.45, 7) is 0. The van der Waals surface area contributed by atoms with Gasteiger partial charge in [0, 0.05) is 27.7 Å². The van der Waals surface area contributed by atoms with Crippen molar-refractivity contribution in [3.8, 4) is 66.8 Å². The van der Waals surface area contributed by atoms with Gasteiger partial charge < -0.3 is 9.32 Å². The van der Waals surface area contributed by atoms with Crippen LogP contribution >= 0.6 is 0 Å². The van der Waals surface area contributed by atoms with E-state index in [-0.39, 0.29) is 0 Å². The molecular weight excluding hydrogens is 799 g/mol. The van der Waals surface area contributed by atoms with Gasteiger partial charge in [-0.1, -0.05) is 224 Å². The molecule has 0 N–H and O–H groups in total. The van der Waals surface area contributed by atoms with E-state index in [0.717, 1.165) is 61.3 Å². The molecule has 1 heterocycles. The predicted molar refractivity (Wildman–Crippen MR) is 279 cm³/mol. The molecule has 0 atom stereocenters. The van der Waals surface area contributed by atoms with Crippen molar-refractivity contribution < 1.29 is 4.42 Å². The second-order valence-corrected chi connectivity index (χ2v) is 16.7. The van der Waals surface area contributed by atoms with Gasteiger partial charge in [0.15, 0.2) is 5.58 Å². The highest BCUT2D eigenvalue weighted by molar-refractivity contribution is 6.19. The average molecular weight is 842 g/mol. The predicted octanol–water partition coefficient (Wildman–Crippen LogP) is 18.2. The van der Waals surface area contributed by atoms with E-state index < -0.39 is 0 Å². The molecule has 0 saturated carbocycles. The van der Waals surface area contributed by atoms with Crippen molar-refractivity contribution in [2.24, 2.45) is 0 Å². The minimum Gasteiger partial charge on any atom is -0.453 e. The first kappa shape index (κ1) is 38.9. The van der Waals surface area contributed by atoms with Gasteiger partial charge >= 0.3 is 0 Å². The number of anilines is 3. The second-order valence-electron chi connectivity index (χ2n) is 16.7. The van der Waals surface area contributed by atoms with Crippen molar-refractivity contribution in [3.63, 3.8) is 0 Å². The zero-order chi connectivity index (χ0) is 43.8. The lowest BCUT2D eigenvalue weighted by Crippen LogP contribution is -2.10. The third-order valence-corrected chi connectivity index (χ3v) is 12.9. The van der Waals surface area contributed by atoms with Crippen LogP contribution < -0.4 is 4.90 Å². The number of hydrogen-bond acceptors (Lipinski definition) is 2. The fourth-order valence-corrected chi connectivity index (χ4v) is 9.90. The molecule has 0 fully saturated rings. The lowest BCUT2D eigenvalue weighted by molar-refractivity contribution is 0.670. The molecule has 2 nitrogen and oxygen atoms in total. The van der Waals surface area contributed by atoms with E-state index in [4.69, 9.17) is 4.42 Å². The van der Waals surface area contributed by atoms with Crippen molar-refractivity contribution in [2.75, 3.05) is 4.90 Å². The smallest absolute Gasteiger partial charge is 0.159 e. The summed E-state index contributed by atoms with van der Waals surface area (Å²) in [5.74, 6) is 0. The van der Waals surface area contributed by atoms with Crippen molar-refractivity contribution in [1.82, 2.24) is 0 Å². The summed E-state index contributed by atoms with van der Waals surface area (Å²) >= 11 is 0. The van der Waals surface area contributed by atoms with Gasteiger partial charge in [-0.05, 0) is 108 Å². The van der Waals surface area contributed by atoms with Crippen LogP contribution in [0.4, 0.5) is 17.1 Å². The summed E-state index contributed by atoms with van der Waals surface area (Å²) in [5, 5.41) is 4.61. The minimum atomic E-state index is 0.852. The van der Waals surface area contributed by atoms with E-state index in [0.29, 0.717) is 0 Å². The molecule has 0 saturated heterocycles. The Morgan fingerprint density at radius 1 is 0.242 bits per heavy atom. The van der Waals surface area contributed by atoms with Crippen LogP contribution in [0, 0.1) is 0 Å².